The molecule has 0 heterocycles. The van der Waals surface area contributed by atoms with E-state index in [-0.39, 0.29) is 11.9 Å². The first-order chi connectivity index (χ1) is 6.52. The molecule has 0 saturated heterocycles. The fourth-order valence-corrected chi connectivity index (χ4v) is 0.886. The van der Waals surface area contributed by atoms with Crippen LogP contribution in [0, 0.1) is 0 Å². The maximum Gasteiger partial charge on any atom is 0.409 e. The van der Waals surface area contributed by atoms with E-state index in [1.54, 1.807) is 20.9 Å². The molecule has 1 atom stereocenters. The van der Waals surface area contributed by atoms with Crippen molar-refractivity contribution in [2.75, 3.05) is 13.7 Å². The predicted molar refractivity (Wildman–Crippen MR) is 52.3 cm³/mol. The van der Waals surface area contributed by atoms with E-state index >= 15 is 0 Å². The molecule has 0 aromatic rings. The van der Waals surface area contributed by atoms with Crippen molar-refractivity contribution >= 4 is 11.9 Å². The molecule has 6 heteroatoms. The zero-order chi connectivity index (χ0) is 11.1. The molecule has 1 amide bonds. The van der Waals surface area contributed by atoms with E-state index in [4.69, 9.17) is 15.7 Å². The summed E-state index contributed by atoms with van der Waals surface area (Å²) in [5.74, 6) is 0.0913. The van der Waals surface area contributed by atoms with Crippen molar-refractivity contribution in [1.29, 1.82) is 0 Å². The second-order valence-electron chi connectivity index (χ2n) is 2.95. The smallest absolute Gasteiger partial charge is 0.409 e. The van der Waals surface area contributed by atoms with Gasteiger partial charge in [-0.3, -0.25) is 0 Å². The highest BCUT2D eigenvalue weighted by Gasteiger charge is 2.17. The fraction of sp³-hybridized carbons (Fsp3) is 0.750. The number of carbonyl (C=O) groups excluding carboxylic acids is 1. The summed E-state index contributed by atoms with van der Waals surface area (Å²) in [7, 11) is 1.60. The summed E-state index contributed by atoms with van der Waals surface area (Å²) in [6, 6.07) is -0.162. The summed E-state index contributed by atoms with van der Waals surface area (Å²) >= 11 is 0. The van der Waals surface area contributed by atoms with Crippen LogP contribution in [0.25, 0.3) is 0 Å². The number of amidine groups is 1. The minimum Gasteiger partial charge on any atom is -0.450 e. The average molecular weight is 203 g/mol. The lowest BCUT2D eigenvalue weighted by molar-refractivity contribution is 0.105. The van der Waals surface area contributed by atoms with Gasteiger partial charge in [-0.2, -0.15) is 0 Å². The minimum absolute atomic E-state index is 0.0913. The summed E-state index contributed by atoms with van der Waals surface area (Å²) < 4.78 is 4.78. The van der Waals surface area contributed by atoms with E-state index in [2.05, 4.69) is 5.16 Å². The monoisotopic (exact) mass is 203 g/mol. The quantitative estimate of drug-likeness (QED) is 0.303. The maximum atomic E-state index is 11.2. The molecule has 3 N–H and O–H groups in total. The van der Waals surface area contributed by atoms with Gasteiger partial charge in [0.1, 0.15) is 5.84 Å². The number of nitrogens with zero attached hydrogens (tertiary/aromatic N) is 2. The van der Waals surface area contributed by atoms with Crippen LogP contribution in [0.15, 0.2) is 5.16 Å². The molecule has 0 aliphatic carbocycles. The third-order valence-electron chi connectivity index (χ3n) is 1.85. The Morgan fingerprint density at radius 3 is 2.71 bits per heavy atom. The highest BCUT2D eigenvalue weighted by atomic mass is 16.6. The van der Waals surface area contributed by atoms with E-state index in [9.17, 15) is 4.79 Å². The van der Waals surface area contributed by atoms with Crippen molar-refractivity contribution in [3.8, 4) is 0 Å². The molecular weight excluding hydrogens is 186 g/mol. The number of amides is 1. The highest BCUT2D eigenvalue weighted by molar-refractivity contribution is 5.80. The van der Waals surface area contributed by atoms with Gasteiger partial charge in [-0.1, -0.05) is 5.16 Å². The zero-order valence-electron chi connectivity index (χ0n) is 8.73. The van der Waals surface area contributed by atoms with Crippen LogP contribution in [0.3, 0.4) is 0 Å². The van der Waals surface area contributed by atoms with Gasteiger partial charge in [0, 0.05) is 19.5 Å². The number of rotatable bonds is 4. The number of hydrogen-bond donors (Lipinski definition) is 2. The highest BCUT2D eigenvalue weighted by Crippen LogP contribution is 2.03. The molecule has 0 radical (unpaired) electrons. The van der Waals surface area contributed by atoms with Crippen LogP contribution in [0.1, 0.15) is 20.3 Å². The number of ether oxygens (including phenoxy) is 1. The Kier molecular flexibility index (Phi) is 5.43. The van der Waals surface area contributed by atoms with Crippen molar-refractivity contribution in [2.45, 2.75) is 26.3 Å². The molecule has 0 spiro atoms. The average Bonchev–Trinajstić information content (AvgIpc) is 2.16. The van der Waals surface area contributed by atoms with E-state index in [1.165, 1.54) is 4.90 Å². The maximum absolute atomic E-state index is 11.2. The summed E-state index contributed by atoms with van der Waals surface area (Å²) in [6.45, 7) is 3.86. The Bertz CT molecular complexity index is 218. The molecule has 14 heavy (non-hydrogen) atoms. The Hall–Kier alpha value is -1.46. The minimum atomic E-state index is -0.411. The second kappa shape index (κ2) is 6.06. The summed E-state index contributed by atoms with van der Waals surface area (Å²) in [6.07, 6.45) is -0.100. The summed E-state index contributed by atoms with van der Waals surface area (Å²) in [5, 5.41) is 11.2. The zero-order valence-corrected chi connectivity index (χ0v) is 8.73. The van der Waals surface area contributed by atoms with Crippen molar-refractivity contribution in [3.05, 3.63) is 0 Å². The first kappa shape index (κ1) is 12.5. The van der Waals surface area contributed by atoms with Gasteiger partial charge in [-0.15, -0.1) is 0 Å². The molecule has 0 aliphatic rings. The third-order valence-corrected chi connectivity index (χ3v) is 1.85. The lowest BCUT2D eigenvalue weighted by Crippen LogP contribution is -2.38. The van der Waals surface area contributed by atoms with Gasteiger partial charge in [0.05, 0.1) is 6.61 Å². The van der Waals surface area contributed by atoms with Gasteiger partial charge in [0.2, 0.25) is 0 Å². The van der Waals surface area contributed by atoms with Crippen LogP contribution in [-0.2, 0) is 4.74 Å². The number of carbonyl (C=O) groups is 1. The molecule has 0 saturated carbocycles. The summed E-state index contributed by atoms with van der Waals surface area (Å²) in [5.41, 5.74) is 5.31. The second-order valence-corrected chi connectivity index (χ2v) is 2.95. The van der Waals surface area contributed by atoms with Crippen molar-refractivity contribution < 1.29 is 14.7 Å². The van der Waals surface area contributed by atoms with Crippen LogP contribution in [0.2, 0.25) is 0 Å². The molecular formula is C8H17N3O3. The SMILES string of the molecule is CCOC(=O)N(C)C(C)CC(N)=NO. The van der Waals surface area contributed by atoms with Crippen LogP contribution in [0.5, 0.6) is 0 Å². The Labute approximate surface area is 83.3 Å². The molecule has 0 aromatic heterocycles. The van der Waals surface area contributed by atoms with Gasteiger partial charge in [-0.05, 0) is 13.8 Å². The van der Waals surface area contributed by atoms with Crippen LogP contribution >= 0.6 is 0 Å². The van der Waals surface area contributed by atoms with E-state index in [1.807, 2.05) is 0 Å². The third kappa shape index (κ3) is 3.97. The Morgan fingerprint density at radius 1 is 1.71 bits per heavy atom. The normalized spacial score (nSPS) is 13.5. The Balaban J connectivity index is 4.11. The molecule has 82 valence electrons. The van der Waals surface area contributed by atoms with Gasteiger partial charge in [0.25, 0.3) is 0 Å². The largest absolute Gasteiger partial charge is 0.450 e. The van der Waals surface area contributed by atoms with Crippen molar-refractivity contribution in [3.63, 3.8) is 0 Å². The number of hydrogen-bond acceptors (Lipinski definition) is 4. The molecule has 0 aromatic carbocycles. The van der Waals surface area contributed by atoms with Crippen LogP contribution in [-0.4, -0.2) is 41.7 Å². The van der Waals surface area contributed by atoms with Gasteiger partial charge in [-0.25, -0.2) is 4.79 Å². The van der Waals surface area contributed by atoms with Gasteiger partial charge in [0.15, 0.2) is 0 Å². The van der Waals surface area contributed by atoms with E-state index in [0.29, 0.717) is 13.0 Å². The Morgan fingerprint density at radius 2 is 2.29 bits per heavy atom. The molecule has 0 rings (SSSR count). The predicted octanol–water partition coefficient (Wildman–Crippen LogP) is 0.600. The summed E-state index contributed by atoms with van der Waals surface area (Å²) in [4.78, 5) is 12.6. The molecule has 0 fully saturated rings. The van der Waals surface area contributed by atoms with Gasteiger partial charge < -0.3 is 20.6 Å². The molecule has 1 unspecified atom stereocenters. The van der Waals surface area contributed by atoms with Crippen molar-refractivity contribution in [1.82, 2.24) is 4.90 Å². The fourth-order valence-electron chi connectivity index (χ4n) is 0.886. The van der Waals surface area contributed by atoms with Crippen LogP contribution < -0.4 is 5.73 Å². The first-order valence-electron chi connectivity index (χ1n) is 4.38. The standard InChI is InChI=1S/C8H17N3O3/c1-4-14-8(12)11(3)6(2)5-7(9)10-13/h6,13H,4-5H2,1-3H3,(H2,9,10). The first-order valence-corrected chi connectivity index (χ1v) is 4.38. The topological polar surface area (TPSA) is 88.2 Å². The van der Waals surface area contributed by atoms with E-state index in [0.717, 1.165) is 0 Å². The van der Waals surface area contributed by atoms with Gasteiger partial charge >= 0.3 is 6.09 Å². The molecule has 0 bridgehead atoms. The van der Waals surface area contributed by atoms with Crippen molar-refractivity contribution in [2.24, 2.45) is 10.9 Å². The number of oxime groups is 1. The van der Waals surface area contributed by atoms with E-state index < -0.39 is 6.09 Å². The number of nitrogens with two attached hydrogens (primary N) is 1. The van der Waals surface area contributed by atoms with Crippen LogP contribution in [0.4, 0.5) is 4.79 Å². The molecule has 6 nitrogen and oxygen atoms in total. The molecule has 0 aliphatic heterocycles. The lowest BCUT2D eigenvalue weighted by Gasteiger charge is -2.23. The lowest BCUT2D eigenvalue weighted by atomic mass is 10.2.